The fourth-order valence-electron chi connectivity index (χ4n) is 8.64. The first-order valence-electron chi connectivity index (χ1n) is 15.7. The third-order valence-electron chi connectivity index (χ3n) is 10.3. The van der Waals surface area contributed by atoms with E-state index < -0.39 is 17.8 Å². The highest BCUT2D eigenvalue weighted by atomic mass is 79.9. The highest BCUT2D eigenvalue weighted by molar-refractivity contribution is 9.10. The van der Waals surface area contributed by atoms with Crippen LogP contribution in [-0.2, 0) is 21.6 Å². The van der Waals surface area contributed by atoms with Crippen molar-refractivity contribution in [3.63, 3.8) is 0 Å². The van der Waals surface area contributed by atoms with Crippen LogP contribution in [0.3, 0.4) is 0 Å². The average Bonchev–Trinajstić information content (AvgIpc) is 3.50. The van der Waals surface area contributed by atoms with Crippen LogP contribution in [-0.4, -0.2) is 31.7 Å². The van der Waals surface area contributed by atoms with Crippen molar-refractivity contribution in [2.45, 2.75) is 50.5 Å². The van der Waals surface area contributed by atoms with Gasteiger partial charge < -0.3 is 18.9 Å². The number of barbiturate groups is 1. The average molecular weight is 686 g/mol. The number of hydrogen-bond donors (Lipinski definition) is 1. The largest absolute Gasteiger partial charge is 0.493 e. The van der Waals surface area contributed by atoms with Gasteiger partial charge in [-0.15, -0.1) is 0 Å². The van der Waals surface area contributed by atoms with Crippen molar-refractivity contribution in [3.8, 4) is 23.0 Å². The number of nitrogens with zero attached hydrogens (tertiary/aromatic N) is 1. The Morgan fingerprint density at radius 1 is 0.935 bits per heavy atom. The number of anilines is 1. The molecule has 46 heavy (non-hydrogen) atoms. The smallest absolute Gasteiger partial charge is 0.335 e. The van der Waals surface area contributed by atoms with Crippen LogP contribution in [0.4, 0.5) is 10.5 Å². The van der Waals surface area contributed by atoms with Gasteiger partial charge in [-0.3, -0.25) is 14.9 Å². The van der Waals surface area contributed by atoms with Crippen LogP contribution in [0, 0.1) is 17.8 Å². The minimum Gasteiger partial charge on any atom is -0.493 e. The Kier molecular flexibility index (Phi) is 7.08. The summed E-state index contributed by atoms with van der Waals surface area (Å²) < 4.78 is 23.1. The Morgan fingerprint density at radius 2 is 1.63 bits per heavy atom. The Labute approximate surface area is 275 Å². The maximum absolute atomic E-state index is 13.7. The van der Waals surface area contributed by atoms with Crippen LogP contribution in [0.1, 0.15) is 55.2 Å². The molecule has 10 heteroatoms. The number of halogens is 1. The molecule has 3 aromatic rings. The highest BCUT2D eigenvalue weighted by Crippen LogP contribution is 2.60. The molecule has 1 saturated heterocycles. The summed E-state index contributed by atoms with van der Waals surface area (Å²) in [6.45, 7) is 0.433. The van der Waals surface area contributed by atoms with E-state index in [2.05, 4.69) is 33.4 Å². The van der Waals surface area contributed by atoms with E-state index in [9.17, 15) is 14.4 Å². The van der Waals surface area contributed by atoms with Crippen molar-refractivity contribution < 1.29 is 33.3 Å². The molecule has 2 aliphatic heterocycles. The number of urea groups is 1. The zero-order chi connectivity index (χ0) is 31.6. The number of amides is 4. The number of imide groups is 2. The van der Waals surface area contributed by atoms with Gasteiger partial charge in [-0.05, 0) is 137 Å². The summed E-state index contributed by atoms with van der Waals surface area (Å²) in [7, 11) is 1.51. The number of carbonyl (C=O) groups is 3. The van der Waals surface area contributed by atoms with Gasteiger partial charge in [0.15, 0.2) is 23.0 Å². The van der Waals surface area contributed by atoms with Gasteiger partial charge in [0.05, 0.1) is 17.3 Å². The standard InChI is InChI=1S/C36H33BrN2O7/c1-43-31-14-21(12-28(37)32(31)44-18-20-2-7-29-30(13-20)46-19-45-29)11-27-33(40)38-35(42)39(34(27)41)26-5-3-25(4-6-26)36-15-22-8-23(16-36)10-24(9-22)17-36/h2-7,11-14,22-24H,8-10,15-19H2,1H3,(H,38,40,42)/b27-11+. The number of carbonyl (C=O) groups excluding carboxylic acids is 3. The molecule has 3 aromatic carbocycles. The van der Waals surface area contributed by atoms with Gasteiger partial charge in [0.1, 0.15) is 12.2 Å². The second-order valence-corrected chi connectivity index (χ2v) is 14.1. The van der Waals surface area contributed by atoms with Crippen LogP contribution < -0.4 is 29.2 Å². The normalized spacial score (nSPS) is 26.9. The fraction of sp³-hybridized carbons (Fsp3) is 0.361. The van der Waals surface area contributed by atoms with Gasteiger partial charge >= 0.3 is 6.03 Å². The van der Waals surface area contributed by atoms with Crippen molar-refractivity contribution in [3.05, 3.63) is 81.3 Å². The molecule has 0 unspecified atom stereocenters. The molecule has 4 saturated carbocycles. The van der Waals surface area contributed by atoms with Crippen LogP contribution in [0.25, 0.3) is 6.08 Å². The Bertz CT molecular complexity index is 1770. The molecular weight excluding hydrogens is 652 g/mol. The summed E-state index contributed by atoms with van der Waals surface area (Å²) >= 11 is 3.55. The van der Waals surface area contributed by atoms with Crippen LogP contribution in [0.2, 0.25) is 0 Å². The lowest BCUT2D eigenvalue weighted by atomic mass is 9.48. The third-order valence-corrected chi connectivity index (χ3v) is 10.8. The molecule has 4 bridgehead atoms. The molecule has 1 N–H and O–H groups in total. The molecule has 9 rings (SSSR count). The van der Waals surface area contributed by atoms with Crippen molar-refractivity contribution >= 4 is 45.5 Å². The van der Waals surface area contributed by atoms with E-state index in [1.165, 1.54) is 57.3 Å². The summed E-state index contributed by atoms with van der Waals surface area (Å²) in [4.78, 5) is 40.6. The van der Waals surface area contributed by atoms with Crippen molar-refractivity contribution in [2.24, 2.45) is 17.8 Å². The topological polar surface area (TPSA) is 103 Å². The van der Waals surface area contributed by atoms with Crippen molar-refractivity contribution in [1.82, 2.24) is 5.32 Å². The number of benzene rings is 3. The lowest BCUT2D eigenvalue weighted by Crippen LogP contribution is -2.54. The molecule has 236 valence electrons. The van der Waals surface area contributed by atoms with E-state index in [-0.39, 0.29) is 24.4 Å². The lowest BCUT2D eigenvalue weighted by Gasteiger charge is -2.57. The number of rotatable bonds is 7. The van der Waals surface area contributed by atoms with Gasteiger partial charge in [-0.2, -0.15) is 0 Å². The zero-order valence-corrected chi connectivity index (χ0v) is 26.9. The molecule has 0 aromatic heterocycles. The van der Waals surface area contributed by atoms with E-state index in [1.807, 2.05) is 30.3 Å². The SMILES string of the molecule is COc1cc(/C=C2\C(=O)NC(=O)N(c3ccc(C45CC6CC(CC(C6)C4)C5)cc3)C2=O)cc(Br)c1OCc1ccc2c(c1)OCO2. The summed E-state index contributed by atoms with van der Waals surface area (Å²) in [5, 5.41) is 2.33. The number of methoxy groups -OCH3 is 1. The Hall–Kier alpha value is -4.31. The van der Waals surface area contributed by atoms with Gasteiger partial charge in [0, 0.05) is 0 Å². The third kappa shape index (κ3) is 5.03. The molecular formula is C36H33BrN2O7. The van der Waals surface area contributed by atoms with Gasteiger partial charge in [-0.25, -0.2) is 9.69 Å². The van der Waals surface area contributed by atoms with Gasteiger partial charge in [-0.1, -0.05) is 18.2 Å². The maximum atomic E-state index is 13.7. The second-order valence-electron chi connectivity index (χ2n) is 13.2. The summed E-state index contributed by atoms with van der Waals surface area (Å²) in [5.74, 6) is 3.21. The zero-order valence-electron chi connectivity index (χ0n) is 25.3. The highest BCUT2D eigenvalue weighted by Gasteiger charge is 2.51. The lowest BCUT2D eigenvalue weighted by molar-refractivity contribution is -0.122. The van der Waals surface area contributed by atoms with E-state index in [4.69, 9.17) is 18.9 Å². The van der Waals surface area contributed by atoms with E-state index in [1.54, 1.807) is 12.1 Å². The number of fused-ring (bicyclic) bond motifs is 1. The predicted octanol–water partition coefficient (Wildman–Crippen LogP) is 6.90. The van der Waals surface area contributed by atoms with Crippen molar-refractivity contribution in [1.29, 1.82) is 0 Å². The number of hydrogen-bond acceptors (Lipinski definition) is 7. The minimum atomic E-state index is -0.763. The van der Waals surface area contributed by atoms with Crippen LogP contribution >= 0.6 is 15.9 Å². The Balaban J connectivity index is 1.03. The molecule has 6 aliphatic rings. The van der Waals surface area contributed by atoms with E-state index in [0.29, 0.717) is 38.7 Å². The van der Waals surface area contributed by atoms with E-state index >= 15 is 0 Å². The molecule has 9 nitrogen and oxygen atoms in total. The summed E-state index contributed by atoms with van der Waals surface area (Å²) in [5.41, 5.74) is 3.17. The van der Waals surface area contributed by atoms with Gasteiger partial charge in [0.25, 0.3) is 11.8 Å². The first kappa shape index (κ1) is 29.1. The monoisotopic (exact) mass is 684 g/mol. The molecule has 0 radical (unpaired) electrons. The minimum absolute atomic E-state index is 0.159. The van der Waals surface area contributed by atoms with Crippen LogP contribution in [0.5, 0.6) is 23.0 Å². The molecule has 0 atom stereocenters. The molecule has 4 aliphatic carbocycles. The quantitative estimate of drug-likeness (QED) is 0.213. The first-order valence-corrected chi connectivity index (χ1v) is 16.5. The second kappa shape index (κ2) is 11.2. The summed E-state index contributed by atoms with van der Waals surface area (Å²) in [6, 6.07) is 16.1. The fourth-order valence-corrected chi connectivity index (χ4v) is 9.21. The summed E-state index contributed by atoms with van der Waals surface area (Å²) in [6.07, 6.45) is 9.22. The molecule has 5 fully saturated rings. The van der Waals surface area contributed by atoms with Gasteiger partial charge in [0.2, 0.25) is 6.79 Å². The van der Waals surface area contributed by atoms with Crippen LogP contribution in [0.15, 0.2) is 64.6 Å². The first-order chi connectivity index (χ1) is 22.3. The van der Waals surface area contributed by atoms with Crippen molar-refractivity contribution in [2.75, 3.05) is 18.8 Å². The maximum Gasteiger partial charge on any atom is 0.335 e. The van der Waals surface area contributed by atoms with E-state index in [0.717, 1.165) is 28.2 Å². The number of ether oxygens (including phenoxy) is 4. The Morgan fingerprint density at radius 3 is 2.33 bits per heavy atom. The molecule has 2 heterocycles. The number of nitrogens with one attached hydrogen (secondary N) is 1. The molecule has 0 spiro atoms. The predicted molar refractivity (Wildman–Crippen MR) is 173 cm³/mol. The molecule has 4 amide bonds.